The van der Waals surface area contributed by atoms with E-state index in [1.165, 1.54) is 10.7 Å². The number of hydrogen-bond donors (Lipinski definition) is 1. The predicted octanol–water partition coefficient (Wildman–Crippen LogP) is 3.15. The molecule has 1 aliphatic rings. The average Bonchev–Trinajstić information content (AvgIpc) is 3.19. The van der Waals surface area contributed by atoms with Gasteiger partial charge in [-0.25, -0.2) is 9.07 Å². The molecule has 0 fully saturated rings. The molecule has 0 saturated carbocycles. The van der Waals surface area contributed by atoms with E-state index in [1.54, 1.807) is 30.6 Å². The van der Waals surface area contributed by atoms with E-state index in [9.17, 15) is 9.18 Å². The lowest BCUT2D eigenvalue weighted by Gasteiger charge is -2.15. The molecule has 0 unspecified atom stereocenters. The number of aromatic nitrogens is 2. The zero-order chi connectivity index (χ0) is 15.5. The molecular weight excluding hydrogens is 281 g/mol. The van der Waals surface area contributed by atoms with Crippen LogP contribution in [0.3, 0.4) is 0 Å². The van der Waals surface area contributed by atoms with Crippen LogP contribution in [0, 0.1) is 11.7 Å². The molecule has 1 amide bonds. The molecule has 1 N–H and O–H groups in total. The van der Waals surface area contributed by atoms with Gasteiger partial charge in [0.05, 0.1) is 12.2 Å². The van der Waals surface area contributed by atoms with Crippen molar-refractivity contribution < 1.29 is 9.18 Å². The van der Waals surface area contributed by atoms with Crippen molar-refractivity contribution in [3.05, 3.63) is 60.2 Å². The zero-order valence-electron chi connectivity index (χ0n) is 12.4. The van der Waals surface area contributed by atoms with Crippen molar-refractivity contribution >= 4 is 5.91 Å². The van der Waals surface area contributed by atoms with Gasteiger partial charge in [-0.3, -0.25) is 4.79 Å². The highest BCUT2D eigenvalue weighted by atomic mass is 19.1. The first kappa shape index (κ1) is 14.5. The number of carbonyl (C=O) groups is 1. The minimum absolute atomic E-state index is 0.0315. The maximum absolute atomic E-state index is 13.8. The summed E-state index contributed by atoms with van der Waals surface area (Å²) >= 11 is 0. The third kappa shape index (κ3) is 2.93. The number of allylic oxidation sites excluding steroid dienone is 2. The Morgan fingerprint density at radius 2 is 2.09 bits per heavy atom. The number of para-hydroxylation sites is 1. The van der Waals surface area contributed by atoms with E-state index in [0.29, 0.717) is 5.69 Å². The number of nitrogens with one attached hydrogen (secondary N) is 1. The van der Waals surface area contributed by atoms with Crippen LogP contribution in [0.1, 0.15) is 31.4 Å². The second-order valence-corrected chi connectivity index (χ2v) is 5.54. The highest BCUT2D eigenvalue weighted by Gasteiger charge is 2.21. The van der Waals surface area contributed by atoms with Crippen molar-refractivity contribution in [1.82, 2.24) is 15.1 Å². The van der Waals surface area contributed by atoms with Crippen molar-refractivity contribution in [2.24, 2.45) is 5.92 Å². The van der Waals surface area contributed by atoms with Gasteiger partial charge in [0.1, 0.15) is 11.5 Å². The number of rotatable bonds is 4. The van der Waals surface area contributed by atoms with Gasteiger partial charge >= 0.3 is 0 Å². The molecule has 2 aromatic rings. The van der Waals surface area contributed by atoms with E-state index in [-0.39, 0.29) is 23.7 Å². The molecule has 1 heterocycles. The Bertz CT molecular complexity index is 699. The minimum Gasteiger partial charge on any atom is -0.349 e. The summed E-state index contributed by atoms with van der Waals surface area (Å²) in [6, 6.07) is 6.31. The number of carbonyl (C=O) groups excluding carboxylic acids is 1. The fourth-order valence-electron chi connectivity index (χ4n) is 2.58. The molecule has 0 aliphatic heterocycles. The third-order valence-electron chi connectivity index (χ3n) is 3.94. The summed E-state index contributed by atoms with van der Waals surface area (Å²) in [5, 5.41) is 7.18. The van der Waals surface area contributed by atoms with E-state index in [1.807, 2.05) is 19.1 Å². The quantitative estimate of drug-likeness (QED) is 0.882. The SMILES string of the molecule is C[C@H](NC(=O)C1CC=CC1)c1cnn(-c2ccccc2F)c1. The Morgan fingerprint density at radius 3 is 2.82 bits per heavy atom. The Hall–Kier alpha value is -2.43. The van der Waals surface area contributed by atoms with Gasteiger partial charge in [0, 0.05) is 17.7 Å². The average molecular weight is 299 g/mol. The van der Waals surface area contributed by atoms with Gasteiger partial charge in [-0.2, -0.15) is 5.10 Å². The van der Waals surface area contributed by atoms with E-state index in [2.05, 4.69) is 10.4 Å². The number of halogens is 1. The first-order valence-corrected chi connectivity index (χ1v) is 7.40. The van der Waals surface area contributed by atoms with Gasteiger partial charge in [0.25, 0.3) is 0 Å². The molecule has 0 saturated heterocycles. The summed E-state index contributed by atoms with van der Waals surface area (Å²) in [5.74, 6) is -0.244. The van der Waals surface area contributed by atoms with Gasteiger partial charge in [0.15, 0.2) is 0 Å². The molecule has 3 rings (SSSR count). The highest BCUT2D eigenvalue weighted by molar-refractivity contribution is 5.79. The van der Waals surface area contributed by atoms with E-state index in [4.69, 9.17) is 0 Å². The summed E-state index contributed by atoms with van der Waals surface area (Å²) in [4.78, 5) is 12.1. The Balaban J connectivity index is 1.70. The van der Waals surface area contributed by atoms with Gasteiger partial charge in [0.2, 0.25) is 5.91 Å². The monoisotopic (exact) mass is 299 g/mol. The summed E-state index contributed by atoms with van der Waals surface area (Å²) < 4.78 is 15.3. The van der Waals surface area contributed by atoms with Crippen LogP contribution in [0.25, 0.3) is 5.69 Å². The van der Waals surface area contributed by atoms with Crippen molar-refractivity contribution in [3.8, 4) is 5.69 Å². The Kier molecular flexibility index (Phi) is 4.04. The van der Waals surface area contributed by atoms with Crippen molar-refractivity contribution in [2.45, 2.75) is 25.8 Å². The molecular formula is C17H18FN3O. The topological polar surface area (TPSA) is 46.9 Å². The molecule has 1 aliphatic carbocycles. The van der Waals surface area contributed by atoms with Crippen LogP contribution in [0.5, 0.6) is 0 Å². The largest absolute Gasteiger partial charge is 0.349 e. The van der Waals surface area contributed by atoms with Crippen LogP contribution in [0.2, 0.25) is 0 Å². The highest BCUT2D eigenvalue weighted by Crippen LogP contribution is 2.21. The van der Waals surface area contributed by atoms with Crippen molar-refractivity contribution in [3.63, 3.8) is 0 Å². The fourth-order valence-corrected chi connectivity index (χ4v) is 2.58. The number of nitrogens with zero attached hydrogens (tertiary/aromatic N) is 2. The standard InChI is InChI=1S/C17H18FN3O/c1-12(20-17(22)13-6-2-3-7-13)14-10-19-21(11-14)16-9-5-4-8-15(16)18/h2-5,8-13H,6-7H2,1H3,(H,20,22)/t12-/m0/s1. The first-order valence-electron chi connectivity index (χ1n) is 7.40. The lowest BCUT2D eigenvalue weighted by atomic mass is 10.1. The fraction of sp³-hybridized carbons (Fsp3) is 0.294. The zero-order valence-corrected chi connectivity index (χ0v) is 12.4. The smallest absolute Gasteiger partial charge is 0.224 e. The molecule has 4 nitrogen and oxygen atoms in total. The molecule has 1 aromatic carbocycles. The van der Waals surface area contributed by atoms with Crippen molar-refractivity contribution in [1.29, 1.82) is 0 Å². The molecule has 0 bridgehead atoms. The van der Waals surface area contributed by atoms with E-state index < -0.39 is 0 Å². The summed E-state index contributed by atoms with van der Waals surface area (Å²) in [7, 11) is 0. The van der Waals surface area contributed by atoms with Crippen LogP contribution in [-0.4, -0.2) is 15.7 Å². The number of benzene rings is 1. The van der Waals surface area contributed by atoms with Crippen LogP contribution < -0.4 is 5.32 Å². The molecule has 1 aromatic heterocycles. The summed E-state index contributed by atoms with van der Waals surface area (Å²) in [5.41, 5.74) is 1.25. The first-order chi connectivity index (χ1) is 10.6. The molecule has 0 spiro atoms. The maximum Gasteiger partial charge on any atom is 0.224 e. The minimum atomic E-state index is -0.328. The number of hydrogen-bond acceptors (Lipinski definition) is 2. The van der Waals surface area contributed by atoms with Gasteiger partial charge < -0.3 is 5.32 Å². The molecule has 114 valence electrons. The molecule has 22 heavy (non-hydrogen) atoms. The lowest BCUT2D eigenvalue weighted by molar-refractivity contribution is -0.125. The molecule has 0 radical (unpaired) electrons. The maximum atomic E-state index is 13.8. The van der Waals surface area contributed by atoms with E-state index in [0.717, 1.165) is 18.4 Å². The Labute approximate surface area is 128 Å². The normalized spacial score (nSPS) is 15.9. The van der Waals surface area contributed by atoms with Crippen LogP contribution in [0.15, 0.2) is 48.8 Å². The van der Waals surface area contributed by atoms with Crippen LogP contribution in [-0.2, 0) is 4.79 Å². The van der Waals surface area contributed by atoms with Gasteiger partial charge in [-0.15, -0.1) is 0 Å². The predicted molar refractivity (Wildman–Crippen MR) is 81.9 cm³/mol. The lowest BCUT2D eigenvalue weighted by Crippen LogP contribution is -2.31. The number of amides is 1. The summed E-state index contributed by atoms with van der Waals surface area (Å²) in [6.07, 6.45) is 9.07. The summed E-state index contributed by atoms with van der Waals surface area (Å²) in [6.45, 7) is 1.91. The van der Waals surface area contributed by atoms with Gasteiger partial charge in [-0.1, -0.05) is 24.3 Å². The second kappa shape index (κ2) is 6.13. The third-order valence-corrected chi connectivity index (χ3v) is 3.94. The van der Waals surface area contributed by atoms with E-state index >= 15 is 0 Å². The molecule has 1 atom stereocenters. The molecule has 5 heteroatoms. The van der Waals surface area contributed by atoms with Crippen LogP contribution >= 0.6 is 0 Å². The Morgan fingerprint density at radius 1 is 1.36 bits per heavy atom. The van der Waals surface area contributed by atoms with Gasteiger partial charge in [-0.05, 0) is 31.9 Å². The van der Waals surface area contributed by atoms with Crippen LogP contribution in [0.4, 0.5) is 4.39 Å². The van der Waals surface area contributed by atoms with Crippen molar-refractivity contribution in [2.75, 3.05) is 0 Å². The second-order valence-electron chi connectivity index (χ2n) is 5.54.